The van der Waals surface area contributed by atoms with E-state index in [0.717, 1.165) is 0 Å². The third-order valence-corrected chi connectivity index (χ3v) is 3.16. The average Bonchev–Trinajstić information content (AvgIpc) is 2.37. The first-order valence-corrected chi connectivity index (χ1v) is 6.24. The molecule has 1 fully saturated rings. The molecule has 0 bridgehead atoms. The molecule has 0 spiro atoms. The first-order valence-electron chi connectivity index (χ1n) is 6.24. The molecule has 0 radical (unpaired) electrons. The number of ether oxygens (including phenoxy) is 1. The number of halogens is 2. The molecule has 6 heteroatoms. The van der Waals surface area contributed by atoms with Crippen molar-refractivity contribution >= 4 is 5.69 Å². The maximum Gasteiger partial charge on any atom is 0.149 e. The van der Waals surface area contributed by atoms with E-state index in [-0.39, 0.29) is 31.5 Å². The second kappa shape index (κ2) is 5.81. The van der Waals surface area contributed by atoms with Crippen molar-refractivity contribution in [1.29, 1.82) is 0 Å². The molecular formula is C13H18F2N2O2. The van der Waals surface area contributed by atoms with Crippen LogP contribution in [0.1, 0.15) is 12.5 Å². The molecule has 1 saturated heterocycles. The summed E-state index contributed by atoms with van der Waals surface area (Å²) < 4.78 is 33.5. The van der Waals surface area contributed by atoms with Gasteiger partial charge >= 0.3 is 0 Å². The Morgan fingerprint density at radius 2 is 2.00 bits per heavy atom. The number of hydrogen-bond donors (Lipinski definition) is 2. The van der Waals surface area contributed by atoms with Crippen molar-refractivity contribution in [2.45, 2.75) is 25.7 Å². The minimum Gasteiger partial charge on any atom is -0.394 e. The van der Waals surface area contributed by atoms with Gasteiger partial charge in [-0.15, -0.1) is 0 Å². The Kier molecular flexibility index (Phi) is 4.34. The number of benzene rings is 1. The predicted molar refractivity (Wildman–Crippen MR) is 67.9 cm³/mol. The molecular weight excluding hydrogens is 254 g/mol. The number of hydrogen-bond acceptors (Lipinski definition) is 4. The molecule has 0 amide bonds. The van der Waals surface area contributed by atoms with Gasteiger partial charge in [-0.2, -0.15) is 0 Å². The van der Waals surface area contributed by atoms with Gasteiger partial charge in [-0.1, -0.05) is 0 Å². The van der Waals surface area contributed by atoms with E-state index in [9.17, 15) is 8.78 Å². The molecule has 19 heavy (non-hydrogen) atoms. The van der Waals surface area contributed by atoms with E-state index in [0.29, 0.717) is 12.1 Å². The minimum absolute atomic E-state index is 0.0780. The fourth-order valence-electron chi connectivity index (χ4n) is 2.37. The second-order valence-corrected chi connectivity index (χ2v) is 4.77. The standard InChI is InChI=1S/C13H18F2N2O2/c1-8-5-17(6-10(7-18)19-8)13-11(14)2-9(4-16)3-12(13)15/h2-3,8,10,18H,4-7,16H2,1H3. The maximum atomic E-state index is 14.0. The van der Waals surface area contributed by atoms with Crippen molar-refractivity contribution in [3.05, 3.63) is 29.3 Å². The summed E-state index contributed by atoms with van der Waals surface area (Å²) in [4.78, 5) is 1.57. The SMILES string of the molecule is CC1CN(c2c(F)cc(CN)cc2F)CC(CO)O1. The molecule has 0 saturated carbocycles. The van der Waals surface area contributed by atoms with Crippen molar-refractivity contribution in [3.8, 4) is 0 Å². The highest BCUT2D eigenvalue weighted by atomic mass is 19.1. The lowest BCUT2D eigenvalue weighted by molar-refractivity contribution is -0.0423. The Morgan fingerprint density at radius 3 is 2.53 bits per heavy atom. The maximum absolute atomic E-state index is 14.0. The van der Waals surface area contributed by atoms with Crippen LogP contribution in [0.25, 0.3) is 0 Å². The van der Waals surface area contributed by atoms with Gasteiger partial charge in [0.05, 0.1) is 18.8 Å². The highest BCUT2D eigenvalue weighted by molar-refractivity contribution is 5.51. The Morgan fingerprint density at radius 1 is 1.37 bits per heavy atom. The number of rotatable bonds is 3. The van der Waals surface area contributed by atoms with Gasteiger partial charge in [0.2, 0.25) is 0 Å². The van der Waals surface area contributed by atoms with Gasteiger partial charge in [0.1, 0.15) is 17.3 Å². The summed E-state index contributed by atoms with van der Waals surface area (Å²) in [7, 11) is 0. The van der Waals surface area contributed by atoms with Crippen LogP contribution in [0.3, 0.4) is 0 Å². The van der Waals surface area contributed by atoms with E-state index in [1.165, 1.54) is 12.1 Å². The monoisotopic (exact) mass is 272 g/mol. The molecule has 2 unspecified atom stereocenters. The van der Waals surface area contributed by atoms with Crippen molar-refractivity contribution in [2.75, 3.05) is 24.6 Å². The number of nitrogens with zero attached hydrogens (tertiary/aromatic N) is 1. The zero-order chi connectivity index (χ0) is 14.0. The minimum atomic E-state index is -0.633. The fourth-order valence-corrected chi connectivity index (χ4v) is 2.37. The van der Waals surface area contributed by atoms with Crippen LogP contribution < -0.4 is 10.6 Å². The molecule has 1 heterocycles. The van der Waals surface area contributed by atoms with Crippen molar-refractivity contribution in [1.82, 2.24) is 0 Å². The van der Waals surface area contributed by atoms with Gasteiger partial charge in [0, 0.05) is 19.6 Å². The molecule has 1 aliphatic rings. The van der Waals surface area contributed by atoms with Crippen molar-refractivity contribution < 1.29 is 18.6 Å². The van der Waals surface area contributed by atoms with Crippen LogP contribution in [0, 0.1) is 11.6 Å². The van der Waals surface area contributed by atoms with Gasteiger partial charge in [-0.3, -0.25) is 0 Å². The highest BCUT2D eigenvalue weighted by Gasteiger charge is 2.28. The summed E-state index contributed by atoms with van der Waals surface area (Å²) in [6, 6.07) is 2.49. The third-order valence-electron chi connectivity index (χ3n) is 3.16. The number of nitrogens with two attached hydrogens (primary N) is 1. The molecule has 3 N–H and O–H groups in total. The van der Waals surface area contributed by atoms with Gasteiger partial charge < -0.3 is 20.5 Å². The Labute approximate surface area is 110 Å². The van der Waals surface area contributed by atoms with Crippen LogP contribution in [0.2, 0.25) is 0 Å². The highest BCUT2D eigenvalue weighted by Crippen LogP contribution is 2.27. The molecule has 0 aliphatic carbocycles. The lowest BCUT2D eigenvalue weighted by atomic mass is 10.1. The van der Waals surface area contributed by atoms with Crippen LogP contribution in [0.15, 0.2) is 12.1 Å². The van der Waals surface area contributed by atoms with Crippen molar-refractivity contribution in [3.63, 3.8) is 0 Å². The second-order valence-electron chi connectivity index (χ2n) is 4.77. The van der Waals surface area contributed by atoms with Gasteiger partial charge in [0.25, 0.3) is 0 Å². The summed E-state index contributed by atoms with van der Waals surface area (Å²) in [6.07, 6.45) is -0.629. The zero-order valence-electron chi connectivity index (χ0n) is 10.8. The van der Waals surface area contributed by atoms with E-state index in [1.807, 2.05) is 0 Å². The first kappa shape index (κ1) is 14.2. The topological polar surface area (TPSA) is 58.7 Å². The molecule has 2 rings (SSSR count). The van der Waals surface area contributed by atoms with Crippen LogP contribution in [-0.2, 0) is 11.3 Å². The van der Waals surface area contributed by atoms with Crippen LogP contribution in [-0.4, -0.2) is 37.0 Å². The molecule has 4 nitrogen and oxygen atoms in total. The van der Waals surface area contributed by atoms with E-state index >= 15 is 0 Å². The lowest BCUT2D eigenvalue weighted by Gasteiger charge is -2.37. The van der Waals surface area contributed by atoms with Gasteiger partial charge in [0.15, 0.2) is 0 Å². The average molecular weight is 272 g/mol. The summed E-state index contributed by atoms with van der Waals surface area (Å²) in [5.41, 5.74) is 5.72. The lowest BCUT2D eigenvalue weighted by Crippen LogP contribution is -2.48. The zero-order valence-corrected chi connectivity index (χ0v) is 10.8. The molecule has 0 aromatic heterocycles. The smallest absolute Gasteiger partial charge is 0.149 e. The molecule has 1 aromatic rings. The van der Waals surface area contributed by atoms with Crippen LogP contribution in [0.5, 0.6) is 0 Å². The van der Waals surface area contributed by atoms with Gasteiger partial charge in [-0.25, -0.2) is 8.78 Å². The molecule has 106 valence electrons. The van der Waals surface area contributed by atoms with E-state index < -0.39 is 17.7 Å². The van der Waals surface area contributed by atoms with Crippen LogP contribution >= 0.6 is 0 Å². The summed E-state index contributed by atoms with van der Waals surface area (Å²) in [6.45, 7) is 2.36. The molecule has 1 aliphatic heterocycles. The summed E-state index contributed by atoms with van der Waals surface area (Å²) in [5, 5.41) is 9.14. The predicted octanol–water partition coefficient (Wildman–Crippen LogP) is 1.01. The quantitative estimate of drug-likeness (QED) is 0.862. The van der Waals surface area contributed by atoms with Crippen molar-refractivity contribution in [2.24, 2.45) is 5.73 Å². The fraction of sp³-hybridized carbons (Fsp3) is 0.538. The molecule has 1 aromatic carbocycles. The Hall–Kier alpha value is -1.24. The van der Waals surface area contributed by atoms with Gasteiger partial charge in [-0.05, 0) is 24.6 Å². The van der Waals surface area contributed by atoms with E-state index in [4.69, 9.17) is 15.6 Å². The summed E-state index contributed by atoms with van der Waals surface area (Å²) >= 11 is 0. The number of aliphatic hydroxyl groups is 1. The normalized spacial score (nSPS) is 23.7. The van der Waals surface area contributed by atoms with Crippen LogP contribution in [0.4, 0.5) is 14.5 Å². The summed E-state index contributed by atoms with van der Waals surface area (Å²) in [5.74, 6) is -1.27. The van der Waals surface area contributed by atoms with E-state index in [2.05, 4.69) is 0 Å². The Bertz CT molecular complexity index is 433. The molecule has 2 atom stereocenters. The number of morpholine rings is 1. The number of aliphatic hydroxyl groups excluding tert-OH is 1. The number of anilines is 1. The first-order chi connectivity index (χ1) is 9.05. The van der Waals surface area contributed by atoms with E-state index in [1.54, 1.807) is 11.8 Å². The Balaban J connectivity index is 2.30. The third kappa shape index (κ3) is 3.02. The largest absolute Gasteiger partial charge is 0.394 e.